The van der Waals surface area contributed by atoms with Gasteiger partial charge < -0.3 is 24.8 Å². The number of nitrogen functional groups attached to an aromatic ring is 1. The van der Waals surface area contributed by atoms with Crippen LogP contribution in [-0.4, -0.2) is 57.0 Å². The molecule has 8 heteroatoms. The van der Waals surface area contributed by atoms with Crippen LogP contribution >= 0.6 is 11.5 Å². The van der Waals surface area contributed by atoms with Gasteiger partial charge in [0, 0.05) is 27.3 Å². The lowest BCUT2D eigenvalue weighted by molar-refractivity contribution is -0.00461. The van der Waals surface area contributed by atoms with Crippen molar-refractivity contribution in [3.63, 3.8) is 0 Å². The standard InChI is InChI=1S/C11H17N3O4S/c1-16-6-4-14(5-7(6)17-2)10-8(11(15)18-3)9(12)13-19-10/h6-7H,4-5H2,1-3H3,(H2,12,13). The number of hydrogen-bond acceptors (Lipinski definition) is 8. The Hall–Kier alpha value is -1.38. The second-order valence-electron chi connectivity index (χ2n) is 4.19. The summed E-state index contributed by atoms with van der Waals surface area (Å²) in [5.41, 5.74) is 6.05. The minimum atomic E-state index is -0.476. The molecule has 2 rings (SSSR count). The van der Waals surface area contributed by atoms with Gasteiger partial charge in [-0.25, -0.2) is 4.79 Å². The quantitative estimate of drug-likeness (QED) is 0.800. The number of nitrogens with zero attached hydrogens (tertiary/aromatic N) is 2. The van der Waals surface area contributed by atoms with Crippen molar-refractivity contribution < 1.29 is 19.0 Å². The molecule has 1 aliphatic heterocycles. The van der Waals surface area contributed by atoms with Crippen LogP contribution in [0.4, 0.5) is 10.8 Å². The molecule has 2 atom stereocenters. The lowest BCUT2D eigenvalue weighted by Crippen LogP contribution is -2.27. The van der Waals surface area contributed by atoms with Crippen LogP contribution in [0.3, 0.4) is 0 Å². The number of rotatable bonds is 4. The average molecular weight is 287 g/mol. The van der Waals surface area contributed by atoms with Gasteiger partial charge in [-0.3, -0.25) is 0 Å². The van der Waals surface area contributed by atoms with Gasteiger partial charge in [0.05, 0.1) is 7.11 Å². The fraction of sp³-hybridized carbons (Fsp3) is 0.636. The second-order valence-corrected chi connectivity index (χ2v) is 4.94. The SMILES string of the molecule is COC(=O)c1c(N)nsc1N1CC(OC)C(OC)C1. The van der Waals surface area contributed by atoms with Gasteiger partial charge in [0.15, 0.2) is 5.82 Å². The van der Waals surface area contributed by atoms with E-state index in [-0.39, 0.29) is 18.0 Å². The van der Waals surface area contributed by atoms with Gasteiger partial charge in [0.2, 0.25) is 0 Å². The van der Waals surface area contributed by atoms with E-state index in [4.69, 9.17) is 19.9 Å². The molecule has 0 spiro atoms. The van der Waals surface area contributed by atoms with E-state index in [1.807, 2.05) is 4.90 Å². The van der Waals surface area contributed by atoms with Gasteiger partial charge >= 0.3 is 5.97 Å². The number of carbonyl (C=O) groups is 1. The molecule has 19 heavy (non-hydrogen) atoms. The maximum atomic E-state index is 11.8. The fourth-order valence-corrected chi connectivity index (χ4v) is 2.99. The summed E-state index contributed by atoms with van der Waals surface area (Å²) >= 11 is 1.18. The topological polar surface area (TPSA) is 86.9 Å². The molecule has 0 aromatic carbocycles. The molecule has 0 saturated carbocycles. The number of anilines is 2. The molecule has 7 nitrogen and oxygen atoms in total. The number of methoxy groups -OCH3 is 3. The highest BCUT2D eigenvalue weighted by atomic mass is 32.1. The van der Waals surface area contributed by atoms with Gasteiger partial charge in [-0.05, 0) is 11.5 Å². The normalized spacial score (nSPS) is 22.8. The summed E-state index contributed by atoms with van der Waals surface area (Å²) in [6, 6.07) is 0. The minimum Gasteiger partial charge on any atom is -0.465 e. The van der Waals surface area contributed by atoms with Crippen LogP contribution < -0.4 is 10.6 Å². The van der Waals surface area contributed by atoms with Crippen molar-refractivity contribution in [2.75, 3.05) is 45.1 Å². The van der Waals surface area contributed by atoms with E-state index >= 15 is 0 Å². The zero-order valence-electron chi connectivity index (χ0n) is 11.1. The first-order valence-corrected chi connectivity index (χ1v) is 6.53. The molecule has 0 amide bonds. The summed E-state index contributed by atoms with van der Waals surface area (Å²) in [4.78, 5) is 13.7. The number of carbonyl (C=O) groups excluding carboxylic acids is 1. The summed E-state index contributed by atoms with van der Waals surface area (Å²) in [5.74, 6) is -0.280. The van der Waals surface area contributed by atoms with Crippen LogP contribution in [0.15, 0.2) is 0 Å². The summed E-state index contributed by atoms with van der Waals surface area (Å²) in [6.45, 7) is 1.25. The second kappa shape index (κ2) is 5.72. The fourth-order valence-electron chi connectivity index (χ4n) is 2.17. The first-order valence-electron chi connectivity index (χ1n) is 5.76. The van der Waals surface area contributed by atoms with Crippen molar-refractivity contribution >= 4 is 28.3 Å². The summed E-state index contributed by atoms with van der Waals surface area (Å²) in [7, 11) is 4.61. The van der Waals surface area contributed by atoms with Gasteiger partial charge in [-0.1, -0.05) is 0 Å². The third-order valence-electron chi connectivity index (χ3n) is 3.20. The van der Waals surface area contributed by atoms with Gasteiger partial charge in [0.1, 0.15) is 22.8 Å². The number of nitrogens with two attached hydrogens (primary N) is 1. The lowest BCUT2D eigenvalue weighted by Gasteiger charge is -2.16. The third kappa shape index (κ3) is 2.51. The predicted octanol–water partition coefficient (Wildman–Crippen LogP) is 0.362. The number of hydrogen-bond donors (Lipinski definition) is 1. The van der Waals surface area contributed by atoms with Gasteiger partial charge in [-0.15, -0.1) is 0 Å². The van der Waals surface area contributed by atoms with E-state index in [0.29, 0.717) is 23.7 Å². The molecule has 2 unspecified atom stereocenters. The van der Waals surface area contributed by atoms with E-state index < -0.39 is 5.97 Å². The van der Waals surface area contributed by atoms with Crippen molar-refractivity contribution in [1.82, 2.24) is 4.37 Å². The molecular weight excluding hydrogens is 270 g/mol. The maximum Gasteiger partial charge on any atom is 0.344 e. The Balaban J connectivity index is 2.26. The molecule has 0 radical (unpaired) electrons. The van der Waals surface area contributed by atoms with E-state index in [1.54, 1.807) is 14.2 Å². The average Bonchev–Trinajstić information content (AvgIpc) is 3.00. The predicted molar refractivity (Wildman–Crippen MR) is 71.7 cm³/mol. The summed E-state index contributed by atoms with van der Waals surface area (Å²) in [6.07, 6.45) is -0.0855. The van der Waals surface area contributed by atoms with Crippen LogP contribution in [0.5, 0.6) is 0 Å². The van der Waals surface area contributed by atoms with Crippen LogP contribution in [0, 0.1) is 0 Å². The van der Waals surface area contributed by atoms with Crippen LogP contribution in [0.25, 0.3) is 0 Å². The first kappa shape index (κ1) is 14.0. The largest absolute Gasteiger partial charge is 0.465 e. The van der Waals surface area contributed by atoms with Crippen molar-refractivity contribution in [1.29, 1.82) is 0 Å². The highest BCUT2D eigenvalue weighted by Gasteiger charge is 2.36. The molecule has 1 aliphatic rings. The Labute approximate surface area is 115 Å². The smallest absolute Gasteiger partial charge is 0.344 e. The molecule has 1 fully saturated rings. The third-order valence-corrected chi connectivity index (χ3v) is 4.12. The molecule has 106 valence electrons. The maximum absolute atomic E-state index is 11.8. The van der Waals surface area contributed by atoms with Crippen LogP contribution in [0.2, 0.25) is 0 Å². The van der Waals surface area contributed by atoms with Crippen molar-refractivity contribution in [2.45, 2.75) is 12.2 Å². The molecule has 2 heterocycles. The molecular formula is C11H17N3O4S. The Morgan fingerprint density at radius 1 is 1.32 bits per heavy atom. The van der Waals surface area contributed by atoms with Crippen molar-refractivity contribution in [3.05, 3.63) is 5.56 Å². The highest BCUT2D eigenvalue weighted by molar-refractivity contribution is 7.11. The van der Waals surface area contributed by atoms with Gasteiger partial charge in [-0.2, -0.15) is 4.37 Å². The number of aromatic nitrogens is 1. The number of ether oxygens (including phenoxy) is 3. The first-order chi connectivity index (χ1) is 9.12. The Bertz CT molecular complexity index is 453. The molecule has 0 bridgehead atoms. The van der Waals surface area contributed by atoms with E-state index in [9.17, 15) is 4.79 Å². The van der Waals surface area contributed by atoms with E-state index in [1.165, 1.54) is 18.6 Å². The monoisotopic (exact) mass is 287 g/mol. The van der Waals surface area contributed by atoms with Crippen LogP contribution in [-0.2, 0) is 14.2 Å². The van der Waals surface area contributed by atoms with E-state index in [0.717, 1.165) is 0 Å². The number of esters is 1. The van der Waals surface area contributed by atoms with Crippen molar-refractivity contribution in [2.24, 2.45) is 0 Å². The lowest BCUT2D eigenvalue weighted by atomic mass is 10.3. The Morgan fingerprint density at radius 2 is 1.89 bits per heavy atom. The molecule has 0 aliphatic carbocycles. The van der Waals surface area contributed by atoms with Crippen LogP contribution in [0.1, 0.15) is 10.4 Å². The van der Waals surface area contributed by atoms with Gasteiger partial charge in [0.25, 0.3) is 0 Å². The Morgan fingerprint density at radius 3 is 2.37 bits per heavy atom. The molecule has 1 saturated heterocycles. The Kier molecular flexibility index (Phi) is 4.23. The molecule has 1 aromatic rings. The van der Waals surface area contributed by atoms with E-state index in [2.05, 4.69) is 4.37 Å². The minimum absolute atomic E-state index is 0.0428. The molecule has 1 aromatic heterocycles. The zero-order chi connectivity index (χ0) is 14.0. The molecule has 2 N–H and O–H groups in total. The van der Waals surface area contributed by atoms with Crippen molar-refractivity contribution in [3.8, 4) is 0 Å². The highest BCUT2D eigenvalue weighted by Crippen LogP contribution is 2.34. The summed E-state index contributed by atoms with van der Waals surface area (Å²) in [5, 5.41) is 0.700. The zero-order valence-corrected chi connectivity index (χ0v) is 11.9. The summed E-state index contributed by atoms with van der Waals surface area (Å²) < 4.78 is 19.5.